The van der Waals surface area contributed by atoms with Gasteiger partial charge in [-0.1, -0.05) is 6.07 Å². The number of pyridine rings is 1. The van der Waals surface area contributed by atoms with Gasteiger partial charge >= 0.3 is 0 Å². The second kappa shape index (κ2) is 9.69. The van der Waals surface area contributed by atoms with Crippen LogP contribution in [0.1, 0.15) is 44.1 Å². The van der Waals surface area contributed by atoms with Crippen molar-refractivity contribution in [3.05, 3.63) is 42.1 Å². The van der Waals surface area contributed by atoms with Crippen LogP contribution in [0.25, 0.3) is 0 Å². The van der Waals surface area contributed by atoms with Gasteiger partial charge in [0.05, 0.1) is 30.1 Å². The minimum atomic E-state index is 0.0238. The van der Waals surface area contributed by atoms with Crippen molar-refractivity contribution in [2.24, 2.45) is 5.92 Å². The van der Waals surface area contributed by atoms with Crippen molar-refractivity contribution in [3.63, 3.8) is 0 Å². The van der Waals surface area contributed by atoms with Crippen LogP contribution in [0.2, 0.25) is 0 Å². The molecule has 1 aromatic heterocycles. The van der Waals surface area contributed by atoms with E-state index in [0.717, 1.165) is 80.1 Å². The van der Waals surface area contributed by atoms with Gasteiger partial charge in [-0.3, -0.25) is 4.79 Å². The Hall–Kier alpha value is -2.64. The number of likely N-dealkylation sites (N-methyl/N-ethyl adjacent to an activating group) is 1. The van der Waals surface area contributed by atoms with Crippen molar-refractivity contribution in [2.45, 2.75) is 57.3 Å². The number of carbonyl (C=O) groups excluding carboxylic acids is 1. The van der Waals surface area contributed by atoms with Crippen LogP contribution in [0.4, 0.5) is 22.9 Å². The molecule has 1 N–H and O–H groups in total. The zero-order valence-electron chi connectivity index (χ0n) is 19.6. The lowest BCUT2D eigenvalue weighted by Crippen LogP contribution is -2.38. The SMILES string of the molecule is COC1CCC(C(=O)N2Cc3cccnc3Nc3ccc(N(C)CC4CCCO4)cc32)CC1. The van der Waals surface area contributed by atoms with Gasteiger partial charge in [0.15, 0.2) is 0 Å². The maximum Gasteiger partial charge on any atom is 0.230 e. The summed E-state index contributed by atoms with van der Waals surface area (Å²) in [5.74, 6) is 1.04. The number of carbonyl (C=O) groups is 1. The minimum absolute atomic E-state index is 0.0238. The van der Waals surface area contributed by atoms with Crippen molar-refractivity contribution in [1.29, 1.82) is 0 Å². The summed E-state index contributed by atoms with van der Waals surface area (Å²) < 4.78 is 11.4. The molecule has 2 aliphatic heterocycles. The van der Waals surface area contributed by atoms with E-state index in [1.807, 2.05) is 17.0 Å². The summed E-state index contributed by atoms with van der Waals surface area (Å²) >= 11 is 0. The summed E-state index contributed by atoms with van der Waals surface area (Å²) in [4.78, 5) is 22.6. The van der Waals surface area contributed by atoms with Crippen LogP contribution in [0.3, 0.4) is 0 Å². The Morgan fingerprint density at radius 1 is 1.24 bits per heavy atom. The number of amides is 1. The molecule has 3 heterocycles. The average molecular weight is 451 g/mol. The van der Waals surface area contributed by atoms with Gasteiger partial charge in [-0.05, 0) is 62.8 Å². The molecule has 7 nitrogen and oxygen atoms in total. The molecule has 176 valence electrons. The fraction of sp³-hybridized carbons (Fsp3) is 0.538. The molecule has 1 aliphatic carbocycles. The molecule has 5 rings (SSSR count). The fourth-order valence-corrected chi connectivity index (χ4v) is 5.31. The number of anilines is 4. The van der Waals surface area contributed by atoms with Gasteiger partial charge in [0.1, 0.15) is 5.82 Å². The van der Waals surface area contributed by atoms with Crippen molar-refractivity contribution in [2.75, 3.05) is 42.4 Å². The highest BCUT2D eigenvalue weighted by Crippen LogP contribution is 2.39. The first kappa shape index (κ1) is 22.2. The normalized spacial score (nSPS) is 24.4. The quantitative estimate of drug-likeness (QED) is 0.724. The van der Waals surface area contributed by atoms with E-state index in [2.05, 4.69) is 40.4 Å². The standard InChI is InChI=1S/C26H34N4O3/c1-29(17-22-6-4-14-33-22)20-9-12-23-24(15-20)30(16-19-5-3-13-27-25(19)28-23)26(31)18-7-10-21(32-2)11-8-18/h3,5,9,12-13,15,18,21-22H,4,6-8,10-11,14,16-17H2,1-2H3,(H,27,28). The van der Waals surface area contributed by atoms with E-state index in [1.165, 1.54) is 0 Å². The number of hydrogen-bond donors (Lipinski definition) is 1. The highest BCUT2D eigenvalue weighted by atomic mass is 16.5. The number of rotatable bonds is 5. The molecule has 1 unspecified atom stereocenters. The molecule has 1 atom stereocenters. The number of hydrogen-bond acceptors (Lipinski definition) is 6. The predicted molar refractivity (Wildman–Crippen MR) is 130 cm³/mol. The van der Waals surface area contributed by atoms with Crippen LogP contribution in [-0.2, 0) is 20.8 Å². The summed E-state index contributed by atoms with van der Waals surface area (Å²) in [6.45, 7) is 2.22. The Balaban J connectivity index is 1.45. The number of methoxy groups -OCH3 is 1. The van der Waals surface area contributed by atoms with Crippen molar-refractivity contribution in [1.82, 2.24) is 4.98 Å². The molecule has 0 radical (unpaired) electrons. The zero-order valence-corrected chi connectivity index (χ0v) is 19.6. The molecule has 1 saturated heterocycles. The van der Waals surface area contributed by atoms with Gasteiger partial charge in [0.25, 0.3) is 0 Å². The van der Waals surface area contributed by atoms with Crippen LogP contribution in [0.5, 0.6) is 0 Å². The van der Waals surface area contributed by atoms with E-state index in [-0.39, 0.29) is 24.0 Å². The zero-order chi connectivity index (χ0) is 22.8. The summed E-state index contributed by atoms with van der Waals surface area (Å²) in [5, 5.41) is 3.48. The maximum absolute atomic E-state index is 13.8. The molecule has 1 saturated carbocycles. The number of benzene rings is 1. The van der Waals surface area contributed by atoms with Gasteiger partial charge in [-0.2, -0.15) is 0 Å². The Kier molecular flexibility index (Phi) is 6.51. The Labute approximate surface area is 196 Å². The third-order valence-corrected chi connectivity index (χ3v) is 7.31. The van der Waals surface area contributed by atoms with Crippen LogP contribution >= 0.6 is 0 Å². The first-order valence-electron chi connectivity index (χ1n) is 12.1. The topological polar surface area (TPSA) is 66.9 Å². The highest BCUT2D eigenvalue weighted by molar-refractivity contribution is 6.00. The lowest BCUT2D eigenvalue weighted by Gasteiger charge is -2.32. The van der Waals surface area contributed by atoms with E-state index in [1.54, 1.807) is 13.3 Å². The smallest absolute Gasteiger partial charge is 0.230 e. The molecule has 2 aromatic rings. The van der Waals surface area contributed by atoms with Crippen LogP contribution in [0, 0.1) is 5.92 Å². The molecule has 33 heavy (non-hydrogen) atoms. The maximum atomic E-state index is 13.8. The highest BCUT2D eigenvalue weighted by Gasteiger charge is 2.33. The van der Waals surface area contributed by atoms with E-state index >= 15 is 0 Å². The summed E-state index contributed by atoms with van der Waals surface area (Å²) in [6.07, 6.45) is 8.19. The number of fused-ring (bicyclic) bond motifs is 2. The molecule has 1 aromatic carbocycles. The van der Waals surface area contributed by atoms with E-state index < -0.39 is 0 Å². The number of nitrogens with zero attached hydrogens (tertiary/aromatic N) is 3. The second-order valence-corrected chi connectivity index (χ2v) is 9.49. The molecule has 7 heteroatoms. The van der Waals surface area contributed by atoms with Gasteiger partial charge in [-0.25, -0.2) is 4.98 Å². The molecule has 0 bridgehead atoms. The lowest BCUT2D eigenvalue weighted by molar-refractivity contribution is -0.124. The second-order valence-electron chi connectivity index (χ2n) is 9.49. The van der Waals surface area contributed by atoms with Gasteiger partial charge in [-0.15, -0.1) is 0 Å². The largest absolute Gasteiger partial charge is 0.381 e. The molecule has 0 spiro atoms. The van der Waals surface area contributed by atoms with Gasteiger partial charge < -0.3 is 24.6 Å². The van der Waals surface area contributed by atoms with Crippen molar-refractivity contribution in [3.8, 4) is 0 Å². The molecule has 3 aliphatic rings. The van der Waals surface area contributed by atoms with Gasteiger partial charge in [0.2, 0.25) is 5.91 Å². The van der Waals surface area contributed by atoms with Crippen LogP contribution in [-0.4, -0.2) is 50.4 Å². The van der Waals surface area contributed by atoms with Crippen molar-refractivity contribution < 1.29 is 14.3 Å². The van der Waals surface area contributed by atoms with E-state index in [4.69, 9.17) is 9.47 Å². The third-order valence-electron chi connectivity index (χ3n) is 7.31. The molecule has 1 amide bonds. The van der Waals surface area contributed by atoms with E-state index in [0.29, 0.717) is 6.54 Å². The number of nitrogens with one attached hydrogen (secondary N) is 1. The number of ether oxygens (including phenoxy) is 2. The third kappa shape index (κ3) is 4.70. The Morgan fingerprint density at radius 2 is 2.09 bits per heavy atom. The number of aromatic nitrogens is 1. The molecular formula is C26H34N4O3. The fourth-order valence-electron chi connectivity index (χ4n) is 5.31. The monoisotopic (exact) mass is 450 g/mol. The molecular weight excluding hydrogens is 416 g/mol. The minimum Gasteiger partial charge on any atom is -0.381 e. The Morgan fingerprint density at radius 3 is 2.85 bits per heavy atom. The average Bonchev–Trinajstić information content (AvgIpc) is 3.30. The van der Waals surface area contributed by atoms with Crippen LogP contribution in [0.15, 0.2) is 36.5 Å². The lowest BCUT2D eigenvalue weighted by atomic mass is 9.86. The van der Waals surface area contributed by atoms with Crippen LogP contribution < -0.4 is 15.1 Å². The predicted octanol–water partition coefficient (Wildman–Crippen LogP) is 4.49. The first-order valence-corrected chi connectivity index (χ1v) is 12.1. The van der Waals surface area contributed by atoms with Crippen molar-refractivity contribution >= 4 is 28.8 Å². The van der Waals surface area contributed by atoms with E-state index in [9.17, 15) is 4.79 Å². The van der Waals surface area contributed by atoms with Gasteiger partial charge in [0, 0.05) is 50.7 Å². The summed E-state index contributed by atoms with van der Waals surface area (Å²) in [7, 11) is 3.87. The Bertz CT molecular complexity index is 983. The summed E-state index contributed by atoms with van der Waals surface area (Å²) in [6, 6.07) is 10.3. The summed E-state index contributed by atoms with van der Waals surface area (Å²) in [5.41, 5.74) is 3.96. The molecule has 2 fully saturated rings. The first-order chi connectivity index (χ1) is 16.1.